The molecule has 0 aliphatic carbocycles. The van der Waals surface area contributed by atoms with Gasteiger partial charge >= 0.3 is 5.97 Å². The lowest BCUT2D eigenvalue weighted by Gasteiger charge is -2.08. The molecule has 0 aliphatic rings. The van der Waals surface area contributed by atoms with Gasteiger partial charge in [-0.2, -0.15) is 0 Å². The first-order chi connectivity index (χ1) is 12.4. The monoisotopic (exact) mass is 358 g/mol. The van der Waals surface area contributed by atoms with Crippen molar-refractivity contribution in [2.24, 2.45) is 0 Å². The van der Waals surface area contributed by atoms with Crippen molar-refractivity contribution in [1.82, 2.24) is 0 Å². The van der Waals surface area contributed by atoms with Crippen LogP contribution in [-0.4, -0.2) is 30.0 Å². The van der Waals surface area contributed by atoms with Crippen molar-refractivity contribution in [3.8, 4) is 5.75 Å². The predicted molar refractivity (Wildman–Crippen MR) is 94.0 cm³/mol. The molecule has 8 heteroatoms. The van der Waals surface area contributed by atoms with E-state index in [1.807, 2.05) is 19.1 Å². The number of nitro groups is 1. The number of nitrogens with zero attached hydrogens (tertiary/aromatic N) is 1. The minimum atomic E-state index is -0.585. The lowest BCUT2D eigenvalue weighted by atomic mass is 10.2. The van der Waals surface area contributed by atoms with Crippen LogP contribution < -0.4 is 10.1 Å². The van der Waals surface area contributed by atoms with E-state index in [1.54, 1.807) is 12.1 Å². The Kier molecular flexibility index (Phi) is 6.67. The van der Waals surface area contributed by atoms with E-state index in [9.17, 15) is 19.7 Å². The molecule has 0 bridgehead atoms. The molecule has 136 valence electrons. The lowest BCUT2D eigenvalue weighted by Crippen LogP contribution is -2.21. The van der Waals surface area contributed by atoms with E-state index < -0.39 is 23.4 Å². The summed E-state index contributed by atoms with van der Waals surface area (Å²) in [4.78, 5) is 33.5. The topological polar surface area (TPSA) is 108 Å². The van der Waals surface area contributed by atoms with Gasteiger partial charge < -0.3 is 14.8 Å². The van der Waals surface area contributed by atoms with Crippen molar-refractivity contribution in [3.63, 3.8) is 0 Å². The normalized spacial score (nSPS) is 10.0. The molecule has 2 aromatic rings. The van der Waals surface area contributed by atoms with Gasteiger partial charge in [-0.1, -0.05) is 23.8 Å². The number of hydrogen-bond acceptors (Lipinski definition) is 6. The van der Waals surface area contributed by atoms with Crippen LogP contribution in [0.5, 0.6) is 5.75 Å². The molecular formula is C18H18N2O6. The molecular weight excluding hydrogens is 340 g/mol. The van der Waals surface area contributed by atoms with Gasteiger partial charge in [-0.3, -0.25) is 19.7 Å². The average Bonchev–Trinajstić information content (AvgIpc) is 2.62. The first-order valence-corrected chi connectivity index (χ1v) is 7.83. The van der Waals surface area contributed by atoms with Crippen LogP contribution in [0.15, 0.2) is 48.5 Å². The molecule has 0 aliphatic heterocycles. The Hall–Kier alpha value is -3.42. The van der Waals surface area contributed by atoms with Gasteiger partial charge in [0.2, 0.25) is 0 Å². The van der Waals surface area contributed by atoms with Crippen LogP contribution in [0.1, 0.15) is 12.0 Å². The molecule has 26 heavy (non-hydrogen) atoms. The van der Waals surface area contributed by atoms with Crippen LogP contribution in [0.4, 0.5) is 11.4 Å². The number of nitro benzene ring substituents is 1. The van der Waals surface area contributed by atoms with Crippen LogP contribution >= 0.6 is 0 Å². The lowest BCUT2D eigenvalue weighted by molar-refractivity contribution is -0.384. The van der Waals surface area contributed by atoms with Crippen molar-refractivity contribution in [2.45, 2.75) is 13.3 Å². The zero-order valence-electron chi connectivity index (χ0n) is 14.1. The largest absolute Gasteiger partial charge is 0.493 e. The SMILES string of the molecule is Cc1ccc(OCCC(=O)OCC(=O)Nc2cccc([N+](=O)[O-])c2)cc1. The van der Waals surface area contributed by atoms with Crippen LogP contribution in [0.2, 0.25) is 0 Å². The standard InChI is InChI=1S/C18H18N2O6/c1-13-5-7-16(8-6-13)25-10-9-18(22)26-12-17(21)19-14-3-2-4-15(11-14)20(23)24/h2-8,11H,9-10,12H2,1H3,(H,19,21). The third kappa shape index (κ3) is 6.23. The molecule has 0 heterocycles. The number of benzene rings is 2. The zero-order valence-corrected chi connectivity index (χ0v) is 14.1. The van der Waals surface area contributed by atoms with Crippen LogP contribution in [-0.2, 0) is 14.3 Å². The highest BCUT2D eigenvalue weighted by Crippen LogP contribution is 2.17. The fraction of sp³-hybridized carbons (Fsp3) is 0.222. The molecule has 0 fully saturated rings. The van der Waals surface area contributed by atoms with Gasteiger partial charge in [-0.25, -0.2) is 0 Å². The number of hydrogen-bond donors (Lipinski definition) is 1. The van der Waals surface area contributed by atoms with E-state index in [2.05, 4.69) is 5.32 Å². The summed E-state index contributed by atoms with van der Waals surface area (Å²) >= 11 is 0. The summed E-state index contributed by atoms with van der Waals surface area (Å²) in [6.07, 6.45) is -0.00202. The number of carbonyl (C=O) groups is 2. The van der Waals surface area contributed by atoms with Crippen LogP contribution in [0.25, 0.3) is 0 Å². The molecule has 1 amide bonds. The van der Waals surface area contributed by atoms with Gasteiger partial charge in [0.15, 0.2) is 6.61 Å². The quantitative estimate of drug-likeness (QED) is 0.442. The van der Waals surface area contributed by atoms with Gasteiger partial charge in [0.05, 0.1) is 18.0 Å². The van der Waals surface area contributed by atoms with Crippen molar-refractivity contribution in [3.05, 3.63) is 64.2 Å². The summed E-state index contributed by atoms with van der Waals surface area (Å²) in [5.41, 5.74) is 1.21. The zero-order chi connectivity index (χ0) is 18.9. The number of aryl methyl sites for hydroxylation is 1. The fourth-order valence-electron chi connectivity index (χ4n) is 2.00. The first-order valence-electron chi connectivity index (χ1n) is 7.83. The molecule has 2 aromatic carbocycles. The highest BCUT2D eigenvalue weighted by Gasteiger charge is 2.10. The maximum absolute atomic E-state index is 11.7. The number of ether oxygens (including phenoxy) is 2. The summed E-state index contributed by atoms with van der Waals surface area (Å²) in [6, 6.07) is 12.9. The molecule has 0 atom stereocenters. The number of carbonyl (C=O) groups excluding carboxylic acids is 2. The van der Waals surface area contributed by atoms with Crippen molar-refractivity contribution >= 4 is 23.3 Å². The minimum absolute atomic E-state index is 0.00202. The van der Waals surface area contributed by atoms with Gasteiger partial charge in [-0.05, 0) is 25.1 Å². The van der Waals surface area contributed by atoms with E-state index >= 15 is 0 Å². The van der Waals surface area contributed by atoms with Crippen LogP contribution in [0, 0.1) is 17.0 Å². The van der Waals surface area contributed by atoms with E-state index in [-0.39, 0.29) is 24.4 Å². The molecule has 1 N–H and O–H groups in total. The predicted octanol–water partition coefficient (Wildman–Crippen LogP) is 2.85. The third-order valence-corrected chi connectivity index (χ3v) is 3.30. The smallest absolute Gasteiger partial charge is 0.309 e. The third-order valence-electron chi connectivity index (χ3n) is 3.30. The summed E-state index contributed by atoms with van der Waals surface area (Å²) in [7, 11) is 0. The van der Waals surface area contributed by atoms with Crippen LogP contribution in [0.3, 0.4) is 0 Å². The second kappa shape index (κ2) is 9.16. The Morgan fingerprint density at radius 2 is 1.88 bits per heavy atom. The van der Waals surface area contributed by atoms with Gasteiger partial charge in [-0.15, -0.1) is 0 Å². The second-order valence-corrected chi connectivity index (χ2v) is 5.43. The summed E-state index contributed by atoms with van der Waals surface area (Å²) in [6.45, 7) is 1.61. The fourth-order valence-corrected chi connectivity index (χ4v) is 2.00. The molecule has 2 rings (SSSR count). The number of esters is 1. The van der Waals surface area contributed by atoms with E-state index in [4.69, 9.17) is 9.47 Å². The Labute approximate surface area is 149 Å². The molecule has 0 spiro atoms. The molecule has 0 saturated carbocycles. The molecule has 0 unspecified atom stereocenters. The highest BCUT2D eigenvalue weighted by molar-refractivity contribution is 5.93. The Balaban J connectivity index is 1.69. The first kappa shape index (κ1) is 18.9. The van der Waals surface area contributed by atoms with E-state index in [0.717, 1.165) is 5.56 Å². The highest BCUT2D eigenvalue weighted by atomic mass is 16.6. The number of amides is 1. The summed E-state index contributed by atoms with van der Waals surface area (Å²) in [5, 5.41) is 13.1. The Morgan fingerprint density at radius 1 is 1.15 bits per heavy atom. The summed E-state index contributed by atoms with van der Waals surface area (Å²) < 4.78 is 10.3. The molecule has 0 aromatic heterocycles. The second-order valence-electron chi connectivity index (χ2n) is 5.43. The van der Waals surface area contributed by atoms with Gasteiger partial charge in [0.1, 0.15) is 5.75 Å². The van der Waals surface area contributed by atoms with Gasteiger partial charge in [0, 0.05) is 17.8 Å². The molecule has 8 nitrogen and oxygen atoms in total. The number of non-ortho nitro benzene ring substituents is 1. The number of anilines is 1. The van der Waals surface area contributed by atoms with E-state index in [0.29, 0.717) is 5.75 Å². The van der Waals surface area contributed by atoms with Crippen molar-refractivity contribution in [2.75, 3.05) is 18.5 Å². The van der Waals surface area contributed by atoms with E-state index in [1.165, 1.54) is 24.3 Å². The minimum Gasteiger partial charge on any atom is -0.493 e. The number of nitrogens with one attached hydrogen (secondary N) is 1. The summed E-state index contributed by atoms with van der Waals surface area (Å²) in [5.74, 6) is -0.517. The van der Waals surface area contributed by atoms with Crippen molar-refractivity contribution < 1.29 is 24.0 Å². The van der Waals surface area contributed by atoms with Crippen molar-refractivity contribution in [1.29, 1.82) is 0 Å². The molecule has 0 saturated heterocycles. The Morgan fingerprint density at radius 3 is 2.58 bits per heavy atom. The maximum Gasteiger partial charge on any atom is 0.309 e. The number of rotatable bonds is 8. The maximum atomic E-state index is 11.7. The Bertz CT molecular complexity index is 789. The van der Waals surface area contributed by atoms with Gasteiger partial charge in [0.25, 0.3) is 11.6 Å². The molecule has 0 radical (unpaired) electrons. The average molecular weight is 358 g/mol.